The number of ether oxygens (including phenoxy) is 1. The Hall–Kier alpha value is -2.51. The van der Waals surface area contributed by atoms with Crippen molar-refractivity contribution >= 4 is 50.8 Å². The molecule has 7 heteroatoms. The molecule has 0 aliphatic rings. The van der Waals surface area contributed by atoms with Crippen molar-refractivity contribution in [1.82, 2.24) is 4.57 Å². The van der Waals surface area contributed by atoms with Crippen molar-refractivity contribution in [2.24, 2.45) is 4.99 Å². The molecule has 1 aromatic carbocycles. The van der Waals surface area contributed by atoms with Crippen LogP contribution in [0.1, 0.15) is 16.0 Å². The van der Waals surface area contributed by atoms with E-state index in [4.69, 9.17) is 4.74 Å². The van der Waals surface area contributed by atoms with Crippen LogP contribution in [0.5, 0.6) is 0 Å². The highest BCUT2D eigenvalue weighted by Gasteiger charge is 2.13. The Kier molecular flexibility index (Phi) is 5.49. The minimum atomic E-state index is -0.382. The molecule has 0 saturated heterocycles. The first-order valence-electron chi connectivity index (χ1n) is 7.95. The van der Waals surface area contributed by atoms with Crippen LogP contribution in [0.2, 0.25) is 0 Å². The molecule has 134 valence electrons. The van der Waals surface area contributed by atoms with Crippen molar-refractivity contribution in [3.05, 3.63) is 56.5 Å². The van der Waals surface area contributed by atoms with Gasteiger partial charge in [0.25, 0.3) is 5.91 Å². The van der Waals surface area contributed by atoms with Gasteiger partial charge in [-0.3, -0.25) is 9.59 Å². The quantitative estimate of drug-likeness (QED) is 0.507. The van der Waals surface area contributed by atoms with Crippen LogP contribution in [0.3, 0.4) is 0 Å². The first kappa shape index (κ1) is 18.3. The molecule has 26 heavy (non-hydrogen) atoms. The van der Waals surface area contributed by atoms with Crippen LogP contribution in [-0.4, -0.2) is 23.6 Å². The summed E-state index contributed by atoms with van der Waals surface area (Å²) in [5.41, 5.74) is 3.06. The maximum absolute atomic E-state index is 12.3. The van der Waals surface area contributed by atoms with Gasteiger partial charge in [-0.05, 0) is 48.6 Å². The molecule has 5 nitrogen and oxygen atoms in total. The molecule has 0 spiro atoms. The van der Waals surface area contributed by atoms with Crippen LogP contribution in [0, 0.1) is 13.8 Å². The van der Waals surface area contributed by atoms with Crippen LogP contribution in [0.4, 0.5) is 0 Å². The van der Waals surface area contributed by atoms with Crippen molar-refractivity contribution < 1.29 is 14.3 Å². The van der Waals surface area contributed by atoms with Gasteiger partial charge >= 0.3 is 5.97 Å². The van der Waals surface area contributed by atoms with Crippen molar-refractivity contribution in [2.75, 3.05) is 7.11 Å². The van der Waals surface area contributed by atoms with Gasteiger partial charge in [-0.25, -0.2) is 0 Å². The van der Waals surface area contributed by atoms with Gasteiger partial charge in [0.1, 0.15) is 6.54 Å². The van der Waals surface area contributed by atoms with E-state index in [1.165, 1.54) is 24.5 Å². The predicted octanol–water partition coefficient (Wildman–Crippen LogP) is 3.69. The van der Waals surface area contributed by atoms with Gasteiger partial charge in [-0.2, -0.15) is 4.99 Å². The number of hydrogen-bond donors (Lipinski definition) is 0. The third-order valence-corrected chi connectivity index (χ3v) is 5.63. The van der Waals surface area contributed by atoms with Crippen LogP contribution in [-0.2, 0) is 20.9 Å². The average molecular weight is 386 g/mol. The fraction of sp³-hybridized carbons (Fsp3) is 0.211. The van der Waals surface area contributed by atoms with Crippen LogP contribution in [0.25, 0.3) is 16.3 Å². The lowest BCUT2D eigenvalue weighted by Crippen LogP contribution is -2.22. The molecule has 0 aliphatic carbocycles. The summed E-state index contributed by atoms with van der Waals surface area (Å²) in [5.74, 6) is -0.745. The molecule has 0 N–H and O–H groups in total. The summed E-state index contributed by atoms with van der Waals surface area (Å²) in [6.45, 7) is 4.02. The second kappa shape index (κ2) is 7.80. The van der Waals surface area contributed by atoms with Crippen molar-refractivity contribution in [3.8, 4) is 0 Å². The lowest BCUT2D eigenvalue weighted by Gasteiger charge is -2.06. The van der Waals surface area contributed by atoms with E-state index >= 15 is 0 Å². The molecule has 3 aromatic rings. The predicted molar refractivity (Wildman–Crippen MR) is 105 cm³/mol. The number of methoxy groups -OCH3 is 1. The highest BCUT2D eigenvalue weighted by molar-refractivity contribution is 7.16. The van der Waals surface area contributed by atoms with Gasteiger partial charge in [0, 0.05) is 11.0 Å². The van der Waals surface area contributed by atoms with Crippen molar-refractivity contribution in [1.29, 1.82) is 0 Å². The molecule has 2 aromatic heterocycles. The number of esters is 1. The molecule has 0 unspecified atom stereocenters. The monoisotopic (exact) mass is 386 g/mol. The zero-order valence-electron chi connectivity index (χ0n) is 14.7. The molecule has 3 rings (SSSR count). The van der Waals surface area contributed by atoms with E-state index in [0.717, 1.165) is 26.2 Å². The summed E-state index contributed by atoms with van der Waals surface area (Å²) >= 11 is 2.94. The van der Waals surface area contributed by atoms with Gasteiger partial charge in [-0.1, -0.05) is 23.5 Å². The van der Waals surface area contributed by atoms with Crippen LogP contribution < -0.4 is 4.80 Å². The number of thiazole rings is 1. The van der Waals surface area contributed by atoms with Gasteiger partial charge in [0.2, 0.25) is 0 Å². The molecule has 0 fully saturated rings. The topological polar surface area (TPSA) is 60.7 Å². The first-order chi connectivity index (χ1) is 12.5. The zero-order chi connectivity index (χ0) is 18.7. The minimum Gasteiger partial charge on any atom is -0.468 e. The van der Waals surface area contributed by atoms with Crippen LogP contribution >= 0.6 is 22.7 Å². The highest BCUT2D eigenvalue weighted by atomic mass is 32.1. The van der Waals surface area contributed by atoms with Gasteiger partial charge in [0.15, 0.2) is 4.80 Å². The fourth-order valence-corrected chi connectivity index (χ4v) is 4.52. The standard InChI is InChI=1S/C19H18N2O3S2/c1-12-9-13(2)18-15(10-12)26-19(21(18)11-17(23)24-3)20-16(22)7-6-14-5-4-8-25-14/h4-10H,11H2,1-3H3/b7-6+,20-19?. The number of fused-ring (bicyclic) bond motifs is 1. The second-order valence-corrected chi connectivity index (χ2v) is 7.76. The fourth-order valence-electron chi connectivity index (χ4n) is 2.69. The number of thiophene rings is 1. The summed E-state index contributed by atoms with van der Waals surface area (Å²) in [6, 6.07) is 7.93. The average Bonchev–Trinajstić information content (AvgIpc) is 3.21. The number of carbonyl (C=O) groups is 2. The molecule has 2 heterocycles. The maximum atomic E-state index is 12.3. The Balaban J connectivity index is 2.08. The number of benzene rings is 1. The molecule has 0 bridgehead atoms. The molecular formula is C19H18N2O3S2. The van der Waals surface area contributed by atoms with E-state index in [2.05, 4.69) is 4.99 Å². The van der Waals surface area contributed by atoms with E-state index in [9.17, 15) is 9.59 Å². The van der Waals surface area contributed by atoms with E-state index in [1.54, 1.807) is 22.0 Å². The lowest BCUT2D eigenvalue weighted by atomic mass is 10.1. The number of carbonyl (C=O) groups excluding carboxylic acids is 2. The summed E-state index contributed by atoms with van der Waals surface area (Å²) in [7, 11) is 1.35. The summed E-state index contributed by atoms with van der Waals surface area (Å²) in [5, 5.41) is 1.95. The second-order valence-electron chi connectivity index (χ2n) is 5.77. The summed E-state index contributed by atoms with van der Waals surface area (Å²) < 4.78 is 7.53. The number of nitrogens with zero attached hydrogens (tertiary/aromatic N) is 2. The number of rotatable bonds is 4. The van der Waals surface area contributed by atoms with E-state index in [1.807, 2.05) is 43.5 Å². The van der Waals surface area contributed by atoms with Gasteiger partial charge in [0.05, 0.1) is 17.3 Å². The minimum absolute atomic E-state index is 0.0150. The Morgan fingerprint density at radius 1 is 1.31 bits per heavy atom. The van der Waals surface area contributed by atoms with Gasteiger partial charge in [-0.15, -0.1) is 11.3 Å². The number of aryl methyl sites for hydroxylation is 2. The van der Waals surface area contributed by atoms with Gasteiger partial charge < -0.3 is 9.30 Å². The number of amides is 1. The smallest absolute Gasteiger partial charge is 0.325 e. The van der Waals surface area contributed by atoms with E-state index in [0.29, 0.717) is 4.80 Å². The van der Waals surface area contributed by atoms with Crippen molar-refractivity contribution in [2.45, 2.75) is 20.4 Å². The normalized spacial score (nSPS) is 12.2. The summed E-state index contributed by atoms with van der Waals surface area (Å²) in [6.07, 6.45) is 3.18. The third-order valence-electron chi connectivity index (χ3n) is 3.77. The Bertz CT molecular complexity index is 1060. The summed E-state index contributed by atoms with van der Waals surface area (Å²) in [4.78, 5) is 29.8. The first-order valence-corrected chi connectivity index (χ1v) is 9.65. The molecule has 0 aliphatic heterocycles. The van der Waals surface area contributed by atoms with Crippen molar-refractivity contribution in [3.63, 3.8) is 0 Å². The van der Waals surface area contributed by atoms with E-state index in [-0.39, 0.29) is 18.4 Å². The molecule has 0 radical (unpaired) electrons. The van der Waals surface area contributed by atoms with E-state index < -0.39 is 0 Å². The molecule has 0 atom stereocenters. The molecule has 0 saturated carbocycles. The number of hydrogen-bond acceptors (Lipinski definition) is 5. The Morgan fingerprint density at radius 3 is 2.81 bits per heavy atom. The Morgan fingerprint density at radius 2 is 2.12 bits per heavy atom. The SMILES string of the molecule is COC(=O)Cn1c(=NC(=O)/C=C/c2cccs2)sc2cc(C)cc(C)c21. The zero-order valence-corrected chi connectivity index (χ0v) is 16.3. The highest BCUT2D eigenvalue weighted by Crippen LogP contribution is 2.23. The Labute approximate surface area is 158 Å². The van der Waals surface area contributed by atoms with Crippen LogP contribution in [0.15, 0.2) is 40.7 Å². The lowest BCUT2D eigenvalue weighted by molar-refractivity contribution is -0.141. The molecule has 1 amide bonds. The maximum Gasteiger partial charge on any atom is 0.325 e. The largest absolute Gasteiger partial charge is 0.468 e. The molecular weight excluding hydrogens is 368 g/mol. The third kappa shape index (κ3) is 4.00. The number of aromatic nitrogens is 1.